The van der Waals surface area contributed by atoms with E-state index in [1.165, 1.54) is 24.3 Å². The Hall–Kier alpha value is -1.44. The van der Waals surface area contributed by atoms with E-state index in [1.54, 1.807) is 6.92 Å². The van der Waals surface area contributed by atoms with Crippen LogP contribution in [0.2, 0.25) is 0 Å². The topological polar surface area (TPSA) is 81.4 Å². The van der Waals surface area contributed by atoms with Crippen molar-refractivity contribution in [2.75, 3.05) is 19.7 Å². The Morgan fingerprint density at radius 2 is 2.05 bits per heavy atom. The van der Waals surface area contributed by atoms with Gasteiger partial charge in [0.05, 0.1) is 11.2 Å². The van der Waals surface area contributed by atoms with Gasteiger partial charge in [-0.05, 0) is 24.3 Å². The number of nitrogens with one attached hydrogen (secondary N) is 1. The highest BCUT2D eigenvalue weighted by molar-refractivity contribution is 7.89. The third-order valence-electron chi connectivity index (χ3n) is 2.31. The SMILES string of the molecule is CCNS(=O)(=O)c1ccc(OC/C(=C\F)CN)cc1. The first-order valence-corrected chi connectivity index (χ1v) is 7.22. The molecule has 106 valence electrons. The first-order valence-electron chi connectivity index (χ1n) is 5.74. The fourth-order valence-corrected chi connectivity index (χ4v) is 2.34. The molecule has 0 atom stereocenters. The number of benzene rings is 1. The Morgan fingerprint density at radius 1 is 1.42 bits per heavy atom. The average molecular weight is 288 g/mol. The van der Waals surface area contributed by atoms with E-state index in [1.807, 2.05) is 0 Å². The van der Waals surface area contributed by atoms with E-state index < -0.39 is 10.0 Å². The lowest BCUT2D eigenvalue weighted by molar-refractivity contribution is 0.347. The lowest BCUT2D eigenvalue weighted by atomic mass is 10.3. The van der Waals surface area contributed by atoms with Crippen LogP contribution in [0, 0.1) is 0 Å². The quantitative estimate of drug-likeness (QED) is 0.789. The van der Waals surface area contributed by atoms with Gasteiger partial charge >= 0.3 is 0 Å². The predicted molar refractivity (Wildman–Crippen MR) is 71.0 cm³/mol. The molecule has 5 nitrogen and oxygen atoms in total. The Kier molecular flexibility index (Phi) is 5.94. The molecular weight excluding hydrogens is 271 g/mol. The maximum atomic E-state index is 12.3. The molecule has 0 aliphatic carbocycles. The number of halogens is 1. The van der Waals surface area contributed by atoms with Crippen LogP contribution in [0.25, 0.3) is 0 Å². The third kappa shape index (κ3) is 4.62. The average Bonchev–Trinajstić information content (AvgIpc) is 2.40. The lowest BCUT2D eigenvalue weighted by Crippen LogP contribution is -2.23. The largest absolute Gasteiger partial charge is 0.489 e. The molecule has 0 amide bonds. The fraction of sp³-hybridized carbons (Fsp3) is 0.333. The minimum atomic E-state index is -3.46. The molecular formula is C12H17FN2O3S. The second kappa shape index (κ2) is 7.22. The summed E-state index contributed by atoms with van der Waals surface area (Å²) in [6.45, 7) is 2.13. The molecule has 19 heavy (non-hydrogen) atoms. The van der Waals surface area contributed by atoms with E-state index in [-0.39, 0.29) is 18.0 Å². The van der Waals surface area contributed by atoms with Crippen molar-refractivity contribution in [2.45, 2.75) is 11.8 Å². The molecule has 1 aromatic rings. The summed E-state index contributed by atoms with van der Waals surface area (Å²) in [6.07, 6.45) is 0.407. The Morgan fingerprint density at radius 3 is 2.53 bits per heavy atom. The van der Waals surface area contributed by atoms with Crippen molar-refractivity contribution in [1.29, 1.82) is 0 Å². The van der Waals surface area contributed by atoms with Crippen LogP contribution < -0.4 is 15.2 Å². The smallest absolute Gasteiger partial charge is 0.240 e. The number of nitrogens with two attached hydrogens (primary N) is 1. The first kappa shape index (κ1) is 15.6. The van der Waals surface area contributed by atoms with Gasteiger partial charge in [0.25, 0.3) is 0 Å². The molecule has 0 radical (unpaired) electrons. The highest BCUT2D eigenvalue weighted by Gasteiger charge is 2.12. The molecule has 0 aliphatic rings. The second-order valence-corrected chi connectivity index (χ2v) is 5.50. The van der Waals surface area contributed by atoms with E-state index >= 15 is 0 Å². The summed E-state index contributed by atoms with van der Waals surface area (Å²) in [5.41, 5.74) is 5.61. The summed E-state index contributed by atoms with van der Waals surface area (Å²) in [5.74, 6) is 0.447. The summed E-state index contributed by atoms with van der Waals surface area (Å²) < 4.78 is 43.3. The van der Waals surface area contributed by atoms with Gasteiger partial charge in [0, 0.05) is 18.7 Å². The number of hydrogen-bond acceptors (Lipinski definition) is 4. The zero-order chi connectivity index (χ0) is 14.3. The first-order chi connectivity index (χ1) is 9.03. The fourth-order valence-electron chi connectivity index (χ4n) is 1.30. The van der Waals surface area contributed by atoms with Gasteiger partial charge in [0.2, 0.25) is 10.0 Å². The summed E-state index contributed by atoms with van der Waals surface area (Å²) in [5, 5.41) is 0. The minimum absolute atomic E-state index is 0.0340. The zero-order valence-corrected chi connectivity index (χ0v) is 11.4. The van der Waals surface area contributed by atoms with E-state index in [0.717, 1.165) is 0 Å². The zero-order valence-electron chi connectivity index (χ0n) is 10.6. The summed E-state index contributed by atoms with van der Waals surface area (Å²) in [7, 11) is -3.46. The van der Waals surface area contributed by atoms with E-state index in [2.05, 4.69) is 4.72 Å². The maximum Gasteiger partial charge on any atom is 0.240 e. The maximum absolute atomic E-state index is 12.3. The van der Waals surface area contributed by atoms with Crippen LogP contribution in [0.5, 0.6) is 5.75 Å². The van der Waals surface area contributed by atoms with Crippen LogP contribution in [0.15, 0.2) is 41.1 Å². The van der Waals surface area contributed by atoms with Crippen molar-refractivity contribution in [3.05, 3.63) is 36.2 Å². The number of ether oxygens (including phenoxy) is 1. The molecule has 0 fully saturated rings. The highest BCUT2D eigenvalue weighted by Crippen LogP contribution is 2.16. The molecule has 0 aliphatic heterocycles. The van der Waals surface area contributed by atoms with E-state index in [4.69, 9.17) is 10.5 Å². The van der Waals surface area contributed by atoms with Gasteiger partial charge in [-0.25, -0.2) is 17.5 Å². The Balaban J connectivity index is 2.72. The van der Waals surface area contributed by atoms with Crippen LogP contribution in [0.1, 0.15) is 6.92 Å². The molecule has 0 saturated heterocycles. The summed E-state index contributed by atoms with van der Waals surface area (Å²) in [4.78, 5) is 0.154. The van der Waals surface area contributed by atoms with Gasteiger partial charge in [-0.1, -0.05) is 6.92 Å². The van der Waals surface area contributed by atoms with Gasteiger partial charge in [-0.2, -0.15) is 0 Å². The second-order valence-electron chi connectivity index (χ2n) is 3.73. The van der Waals surface area contributed by atoms with Crippen molar-refractivity contribution in [1.82, 2.24) is 4.72 Å². The highest BCUT2D eigenvalue weighted by atomic mass is 32.2. The van der Waals surface area contributed by atoms with Crippen LogP contribution in [-0.4, -0.2) is 28.1 Å². The standard InChI is InChI=1S/C12H17FN2O3S/c1-2-15-19(16,17)12-5-3-11(4-6-12)18-9-10(7-13)8-14/h3-7,15H,2,8-9,14H2,1H3/b10-7-. The van der Waals surface area contributed by atoms with E-state index in [0.29, 0.717) is 24.2 Å². The van der Waals surface area contributed by atoms with Crippen LogP contribution in [0.3, 0.4) is 0 Å². The normalized spacial score (nSPS) is 12.5. The predicted octanol–water partition coefficient (Wildman–Crippen LogP) is 1.18. The van der Waals surface area contributed by atoms with Gasteiger partial charge in [-0.3, -0.25) is 0 Å². The minimum Gasteiger partial charge on any atom is -0.489 e. The van der Waals surface area contributed by atoms with Crippen molar-refractivity contribution in [3.63, 3.8) is 0 Å². The van der Waals surface area contributed by atoms with Crippen molar-refractivity contribution < 1.29 is 17.5 Å². The van der Waals surface area contributed by atoms with Gasteiger partial charge in [0.1, 0.15) is 12.4 Å². The molecule has 1 aromatic carbocycles. The monoisotopic (exact) mass is 288 g/mol. The molecule has 0 spiro atoms. The molecule has 0 bridgehead atoms. The molecule has 0 aromatic heterocycles. The lowest BCUT2D eigenvalue weighted by Gasteiger charge is -2.08. The molecule has 0 saturated carbocycles. The van der Waals surface area contributed by atoms with Crippen molar-refractivity contribution in [3.8, 4) is 5.75 Å². The van der Waals surface area contributed by atoms with Gasteiger partial charge in [-0.15, -0.1) is 0 Å². The van der Waals surface area contributed by atoms with Crippen LogP contribution in [0.4, 0.5) is 4.39 Å². The van der Waals surface area contributed by atoms with Crippen molar-refractivity contribution >= 4 is 10.0 Å². The Bertz CT molecular complexity index is 526. The van der Waals surface area contributed by atoms with Crippen molar-refractivity contribution in [2.24, 2.45) is 5.73 Å². The van der Waals surface area contributed by atoms with Gasteiger partial charge in [0.15, 0.2) is 0 Å². The number of hydrogen-bond donors (Lipinski definition) is 2. The van der Waals surface area contributed by atoms with Gasteiger partial charge < -0.3 is 10.5 Å². The molecule has 0 unspecified atom stereocenters. The number of sulfonamides is 1. The molecule has 0 heterocycles. The van der Waals surface area contributed by atoms with Crippen LogP contribution >= 0.6 is 0 Å². The molecule has 1 rings (SSSR count). The Labute approximate surface area is 112 Å². The summed E-state index contributed by atoms with van der Waals surface area (Å²) >= 11 is 0. The van der Waals surface area contributed by atoms with E-state index in [9.17, 15) is 12.8 Å². The molecule has 3 N–H and O–H groups in total. The number of rotatable bonds is 7. The molecule has 7 heteroatoms. The summed E-state index contributed by atoms with van der Waals surface area (Å²) in [6, 6.07) is 5.87. The van der Waals surface area contributed by atoms with Crippen LogP contribution in [-0.2, 0) is 10.0 Å². The third-order valence-corrected chi connectivity index (χ3v) is 3.87.